The summed E-state index contributed by atoms with van der Waals surface area (Å²) in [6.45, 7) is 0.954. The predicted molar refractivity (Wildman–Crippen MR) is 67.2 cm³/mol. The Morgan fingerprint density at radius 1 is 1.16 bits per heavy atom. The summed E-state index contributed by atoms with van der Waals surface area (Å²) in [4.78, 5) is -0.207. The van der Waals surface area contributed by atoms with Gasteiger partial charge in [-0.15, -0.1) is 0 Å². The molecule has 1 aromatic carbocycles. The summed E-state index contributed by atoms with van der Waals surface area (Å²) in [5, 5.41) is 0. The van der Waals surface area contributed by atoms with Gasteiger partial charge in [0.15, 0.2) is 11.2 Å². The van der Waals surface area contributed by atoms with Gasteiger partial charge in [0.2, 0.25) is 0 Å². The third kappa shape index (κ3) is 2.94. The average Bonchev–Trinajstić information content (AvgIpc) is 2.89. The highest BCUT2D eigenvalue weighted by Crippen LogP contribution is 2.39. The average molecular weight is 309 g/mol. The molecule has 106 valence electrons. The van der Waals surface area contributed by atoms with E-state index in [-0.39, 0.29) is 16.4 Å². The normalized spacial score (nSPS) is 16.6. The van der Waals surface area contributed by atoms with E-state index in [1.807, 2.05) is 0 Å². The van der Waals surface area contributed by atoms with Crippen LogP contribution < -0.4 is 9.47 Å². The third-order valence-corrected chi connectivity index (χ3v) is 3.97. The van der Waals surface area contributed by atoms with Crippen molar-refractivity contribution in [3.63, 3.8) is 0 Å². The lowest BCUT2D eigenvalue weighted by atomic mass is 10.2. The fourth-order valence-electron chi connectivity index (χ4n) is 1.83. The highest BCUT2D eigenvalue weighted by atomic mass is 35.7. The minimum absolute atomic E-state index is 0.0865. The molecule has 0 N–H and O–H groups in total. The Labute approximate surface area is 115 Å². The molecule has 8 heteroatoms. The van der Waals surface area contributed by atoms with E-state index < -0.39 is 15.3 Å². The first kappa shape index (κ1) is 14.4. The van der Waals surface area contributed by atoms with Crippen LogP contribution >= 0.6 is 10.7 Å². The van der Waals surface area contributed by atoms with Gasteiger partial charge in [0.25, 0.3) is 9.05 Å². The van der Waals surface area contributed by atoms with E-state index in [9.17, 15) is 8.42 Å². The van der Waals surface area contributed by atoms with Crippen molar-refractivity contribution in [3.05, 3.63) is 17.7 Å². The van der Waals surface area contributed by atoms with Crippen LogP contribution in [0.4, 0.5) is 0 Å². The Hall–Kier alpha value is -1.02. The number of methoxy groups -OCH3 is 2. The van der Waals surface area contributed by atoms with Crippen LogP contribution in [0.1, 0.15) is 11.9 Å². The molecule has 0 radical (unpaired) electrons. The van der Waals surface area contributed by atoms with Crippen LogP contribution in [0.25, 0.3) is 0 Å². The Bertz CT molecular complexity index is 540. The van der Waals surface area contributed by atoms with Gasteiger partial charge in [0.05, 0.1) is 27.4 Å². The maximum atomic E-state index is 11.6. The van der Waals surface area contributed by atoms with Crippen molar-refractivity contribution in [1.29, 1.82) is 0 Å². The van der Waals surface area contributed by atoms with E-state index >= 15 is 0 Å². The minimum atomic E-state index is -3.99. The molecule has 1 saturated heterocycles. The number of ether oxygens (including phenoxy) is 4. The molecule has 0 unspecified atom stereocenters. The van der Waals surface area contributed by atoms with E-state index in [2.05, 4.69) is 0 Å². The summed E-state index contributed by atoms with van der Waals surface area (Å²) in [5.41, 5.74) is 0.607. The smallest absolute Gasteiger partial charge is 0.268 e. The Balaban J connectivity index is 2.57. The standard InChI is InChI=1S/C11H13ClO6S/c1-15-8-5-7(11-17-3-4-18-11)6-9(16-2)10(8)19(12,13)14/h5-6,11H,3-4H2,1-2H3. The van der Waals surface area contributed by atoms with E-state index in [0.717, 1.165) is 0 Å². The molecule has 2 rings (SSSR count). The molecule has 1 aliphatic heterocycles. The van der Waals surface area contributed by atoms with Crippen molar-refractivity contribution < 1.29 is 27.4 Å². The van der Waals surface area contributed by atoms with Crippen molar-refractivity contribution in [1.82, 2.24) is 0 Å². The van der Waals surface area contributed by atoms with Crippen molar-refractivity contribution in [2.45, 2.75) is 11.2 Å². The Morgan fingerprint density at radius 3 is 2.00 bits per heavy atom. The summed E-state index contributed by atoms with van der Waals surface area (Å²) in [7, 11) is 4.10. The minimum Gasteiger partial charge on any atom is -0.495 e. The number of halogens is 1. The molecule has 6 nitrogen and oxygen atoms in total. The zero-order chi connectivity index (χ0) is 14.0. The summed E-state index contributed by atoms with van der Waals surface area (Å²) >= 11 is 0. The first-order chi connectivity index (χ1) is 8.97. The van der Waals surface area contributed by atoms with Gasteiger partial charge in [0.1, 0.15) is 11.5 Å². The van der Waals surface area contributed by atoms with Crippen molar-refractivity contribution in [2.24, 2.45) is 0 Å². The highest BCUT2D eigenvalue weighted by Gasteiger charge is 2.27. The van der Waals surface area contributed by atoms with Gasteiger partial charge in [-0.05, 0) is 12.1 Å². The zero-order valence-electron chi connectivity index (χ0n) is 10.4. The van der Waals surface area contributed by atoms with Gasteiger partial charge in [-0.1, -0.05) is 0 Å². The van der Waals surface area contributed by atoms with E-state index in [4.69, 9.17) is 29.6 Å². The monoisotopic (exact) mass is 308 g/mol. The molecule has 19 heavy (non-hydrogen) atoms. The van der Waals surface area contributed by atoms with Crippen molar-refractivity contribution in [3.8, 4) is 11.5 Å². The largest absolute Gasteiger partial charge is 0.495 e. The number of hydrogen-bond donors (Lipinski definition) is 0. The first-order valence-corrected chi connectivity index (χ1v) is 7.72. The maximum absolute atomic E-state index is 11.6. The van der Waals surface area contributed by atoms with E-state index in [1.54, 1.807) is 0 Å². The molecule has 1 aliphatic rings. The molecular weight excluding hydrogens is 296 g/mol. The fraction of sp³-hybridized carbons (Fsp3) is 0.455. The van der Waals surface area contributed by atoms with Crippen LogP contribution in [-0.2, 0) is 18.5 Å². The van der Waals surface area contributed by atoms with Gasteiger partial charge in [-0.2, -0.15) is 0 Å². The zero-order valence-corrected chi connectivity index (χ0v) is 12.0. The molecule has 0 saturated carbocycles. The van der Waals surface area contributed by atoms with Gasteiger partial charge in [-0.3, -0.25) is 0 Å². The third-order valence-electron chi connectivity index (χ3n) is 2.62. The summed E-state index contributed by atoms with van der Waals surface area (Å²) in [5.74, 6) is 0.173. The van der Waals surface area contributed by atoms with Crippen LogP contribution in [0.2, 0.25) is 0 Å². The lowest BCUT2D eigenvalue weighted by Gasteiger charge is -2.15. The maximum Gasteiger partial charge on any atom is 0.268 e. The lowest BCUT2D eigenvalue weighted by Crippen LogP contribution is -2.05. The number of hydrogen-bond acceptors (Lipinski definition) is 6. The summed E-state index contributed by atoms with van der Waals surface area (Å²) in [6, 6.07) is 3.02. The topological polar surface area (TPSA) is 71.1 Å². The van der Waals surface area contributed by atoms with E-state index in [1.165, 1.54) is 26.4 Å². The number of rotatable bonds is 4. The SMILES string of the molecule is COc1cc(C2OCCO2)cc(OC)c1S(=O)(=O)Cl. The Kier molecular flexibility index (Phi) is 4.19. The van der Waals surface area contributed by atoms with Crippen molar-refractivity contribution in [2.75, 3.05) is 27.4 Å². The van der Waals surface area contributed by atoms with Crippen LogP contribution in [0.3, 0.4) is 0 Å². The van der Waals surface area contributed by atoms with Crippen LogP contribution in [-0.4, -0.2) is 35.9 Å². The molecule has 0 aromatic heterocycles. The molecule has 0 atom stereocenters. The molecule has 0 bridgehead atoms. The highest BCUT2D eigenvalue weighted by molar-refractivity contribution is 8.13. The molecule has 1 aromatic rings. The van der Waals surface area contributed by atoms with Gasteiger partial charge < -0.3 is 18.9 Å². The molecule has 0 spiro atoms. The molecule has 0 amide bonds. The second-order valence-electron chi connectivity index (χ2n) is 3.77. The summed E-state index contributed by atoms with van der Waals surface area (Å²) < 4.78 is 44.0. The second-order valence-corrected chi connectivity index (χ2v) is 6.27. The summed E-state index contributed by atoms with van der Waals surface area (Å²) in [6.07, 6.45) is -0.560. The van der Waals surface area contributed by atoms with Crippen molar-refractivity contribution >= 4 is 19.7 Å². The Morgan fingerprint density at radius 2 is 1.63 bits per heavy atom. The lowest BCUT2D eigenvalue weighted by molar-refractivity contribution is -0.0444. The quantitative estimate of drug-likeness (QED) is 0.788. The first-order valence-electron chi connectivity index (χ1n) is 5.41. The number of benzene rings is 1. The molecular formula is C11H13ClO6S. The van der Waals surface area contributed by atoms with E-state index in [0.29, 0.717) is 18.8 Å². The van der Waals surface area contributed by atoms with Gasteiger partial charge in [-0.25, -0.2) is 8.42 Å². The van der Waals surface area contributed by atoms with Gasteiger partial charge >= 0.3 is 0 Å². The fourth-order valence-corrected chi connectivity index (χ4v) is 3.05. The molecule has 1 heterocycles. The van der Waals surface area contributed by atoms with Gasteiger partial charge in [0, 0.05) is 16.2 Å². The second kappa shape index (κ2) is 5.54. The van der Waals surface area contributed by atoms with Crippen LogP contribution in [0, 0.1) is 0 Å². The van der Waals surface area contributed by atoms with Crippen LogP contribution in [0.5, 0.6) is 11.5 Å². The van der Waals surface area contributed by atoms with Crippen LogP contribution in [0.15, 0.2) is 17.0 Å². The molecule has 0 aliphatic carbocycles. The predicted octanol–water partition coefficient (Wildman–Crippen LogP) is 1.68. The molecule has 1 fully saturated rings.